The summed E-state index contributed by atoms with van der Waals surface area (Å²) in [7, 11) is 1.72. The highest BCUT2D eigenvalue weighted by atomic mass is 16.5. The third kappa shape index (κ3) is 2.16. The first-order valence-electron chi connectivity index (χ1n) is 6.35. The predicted octanol–water partition coefficient (Wildman–Crippen LogP) is 3.03. The number of hydrogen-bond donors (Lipinski definition) is 0. The number of benzene rings is 2. The van der Waals surface area contributed by atoms with Crippen LogP contribution in [0.1, 0.15) is 5.56 Å². The summed E-state index contributed by atoms with van der Waals surface area (Å²) in [5.41, 5.74) is 2.41. The molecule has 3 rings (SSSR count). The van der Waals surface area contributed by atoms with Gasteiger partial charge in [0.15, 0.2) is 0 Å². The van der Waals surface area contributed by atoms with Gasteiger partial charge >= 0.3 is 5.56 Å². The molecule has 0 saturated heterocycles. The van der Waals surface area contributed by atoms with Crippen LogP contribution < -0.4 is 10.3 Å². The molecule has 2 aromatic carbocycles. The topological polar surface area (TPSA) is 44.1 Å². The summed E-state index contributed by atoms with van der Waals surface area (Å²) in [4.78, 5) is 16.5. The van der Waals surface area contributed by atoms with Crippen molar-refractivity contribution in [2.45, 2.75) is 6.92 Å². The Kier molecular flexibility index (Phi) is 2.99. The summed E-state index contributed by atoms with van der Waals surface area (Å²) < 4.78 is 7.16. The maximum Gasteiger partial charge on any atom is 0.313 e. The second-order valence-electron chi connectivity index (χ2n) is 4.68. The Balaban J connectivity index is 2.10. The highest BCUT2D eigenvalue weighted by molar-refractivity contribution is 5.74. The number of hydrogen-bond acceptors (Lipinski definition) is 3. The van der Waals surface area contributed by atoms with Crippen LogP contribution in [0.4, 0.5) is 0 Å². The van der Waals surface area contributed by atoms with Gasteiger partial charge in [-0.15, -0.1) is 0 Å². The van der Waals surface area contributed by atoms with Crippen molar-refractivity contribution in [1.82, 2.24) is 9.55 Å². The molecular weight excluding hydrogens is 252 g/mol. The third-order valence-corrected chi connectivity index (χ3v) is 3.19. The fourth-order valence-corrected chi connectivity index (χ4v) is 2.04. The van der Waals surface area contributed by atoms with Gasteiger partial charge in [-0.25, -0.2) is 4.98 Å². The first-order valence-corrected chi connectivity index (χ1v) is 6.35. The van der Waals surface area contributed by atoms with Gasteiger partial charge in [0.1, 0.15) is 5.75 Å². The molecule has 4 nitrogen and oxygen atoms in total. The van der Waals surface area contributed by atoms with Crippen molar-refractivity contribution >= 4 is 11.0 Å². The molecule has 0 aliphatic carbocycles. The lowest BCUT2D eigenvalue weighted by Gasteiger charge is -2.08. The molecule has 0 aliphatic rings. The molecule has 1 aromatic heterocycles. The molecule has 0 radical (unpaired) electrons. The monoisotopic (exact) mass is 266 g/mol. The molecule has 4 heteroatoms. The van der Waals surface area contributed by atoms with Gasteiger partial charge in [-0.05, 0) is 31.2 Å². The number of para-hydroxylation sites is 2. The van der Waals surface area contributed by atoms with Crippen LogP contribution in [0.25, 0.3) is 11.0 Å². The van der Waals surface area contributed by atoms with Crippen LogP contribution in [0, 0.1) is 6.92 Å². The molecule has 0 atom stereocenters. The van der Waals surface area contributed by atoms with E-state index in [9.17, 15) is 4.79 Å². The molecule has 0 saturated carbocycles. The lowest BCUT2D eigenvalue weighted by Crippen LogP contribution is -2.20. The second kappa shape index (κ2) is 4.81. The minimum absolute atomic E-state index is 0.0926. The van der Waals surface area contributed by atoms with E-state index in [1.807, 2.05) is 55.5 Å². The van der Waals surface area contributed by atoms with E-state index in [4.69, 9.17) is 4.74 Å². The van der Waals surface area contributed by atoms with Gasteiger partial charge in [0.2, 0.25) is 0 Å². The van der Waals surface area contributed by atoms with E-state index >= 15 is 0 Å². The van der Waals surface area contributed by atoms with Gasteiger partial charge in [0, 0.05) is 7.05 Å². The number of nitrogens with zero attached hydrogens (tertiary/aromatic N) is 2. The fourth-order valence-electron chi connectivity index (χ4n) is 2.04. The average Bonchev–Trinajstić information content (AvgIpc) is 2.47. The summed E-state index contributed by atoms with van der Waals surface area (Å²) in [6.07, 6.45) is 0. The Morgan fingerprint density at radius 1 is 1.05 bits per heavy atom. The van der Waals surface area contributed by atoms with E-state index in [-0.39, 0.29) is 11.4 Å². The van der Waals surface area contributed by atoms with E-state index in [0.29, 0.717) is 5.75 Å². The van der Waals surface area contributed by atoms with Crippen molar-refractivity contribution in [3.05, 3.63) is 64.4 Å². The number of ether oxygens (including phenoxy) is 1. The summed E-state index contributed by atoms with van der Waals surface area (Å²) in [5, 5.41) is 0. The van der Waals surface area contributed by atoms with Gasteiger partial charge in [-0.3, -0.25) is 4.79 Å². The Bertz CT molecular complexity index is 820. The quantitative estimate of drug-likeness (QED) is 0.716. The lowest BCUT2D eigenvalue weighted by molar-refractivity contribution is 0.452. The maximum absolute atomic E-state index is 12.2. The molecule has 100 valence electrons. The molecule has 0 amide bonds. The van der Waals surface area contributed by atoms with Crippen LogP contribution in [0.15, 0.2) is 53.3 Å². The Labute approximate surface area is 116 Å². The molecule has 0 aliphatic heterocycles. The summed E-state index contributed by atoms with van der Waals surface area (Å²) in [6.45, 7) is 2.00. The Hall–Kier alpha value is -2.62. The standard InChI is InChI=1S/C16H14N2O2/c1-11-7-9-12(10-8-11)20-15-16(19)18(2)14-6-4-3-5-13(14)17-15/h3-10H,1-2H3. The van der Waals surface area contributed by atoms with Gasteiger partial charge in [-0.2, -0.15) is 0 Å². The van der Waals surface area contributed by atoms with Crippen LogP contribution in [0.3, 0.4) is 0 Å². The molecule has 3 aromatic rings. The number of aryl methyl sites for hydroxylation is 2. The molecule has 0 unspecified atom stereocenters. The number of aromatic nitrogens is 2. The van der Waals surface area contributed by atoms with Gasteiger partial charge < -0.3 is 9.30 Å². The molecule has 0 fully saturated rings. The van der Waals surface area contributed by atoms with E-state index in [0.717, 1.165) is 16.6 Å². The van der Waals surface area contributed by atoms with Gasteiger partial charge in [0.25, 0.3) is 5.88 Å². The van der Waals surface area contributed by atoms with Crippen molar-refractivity contribution in [2.24, 2.45) is 7.05 Å². The zero-order valence-electron chi connectivity index (χ0n) is 11.3. The zero-order valence-corrected chi connectivity index (χ0v) is 11.3. The summed E-state index contributed by atoms with van der Waals surface area (Å²) >= 11 is 0. The smallest absolute Gasteiger partial charge is 0.313 e. The van der Waals surface area contributed by atoms with Crippen LogP contribution in [0.5, 0.6) is 11.6 Å². The van der Waals surface area contributed by atoms with Crippen molar-refractivity contribution < 1.29 is 4.74 Å². The fraction of sp³-hybridized carbons (Fsp3) is 0.125. The Morgan fingerprint density at radius 3 is 2.50 bits per heavy atom. The van der Waals surface area contributed by atoms with E-state index in [2.05, 4.69) is 4.98 Å². The second-order valence-corrected chi connectivity index (χ2v) is 4.68. The maximum atomic E-state index is 12.2. The average molecular weight is 266 g/mol. The number of rotatable bonds is 2. The lowest BCUT2D eigenvalue weighted by atomic mass is 10.2. The highest BCUT2D eigenvalue weighted by Crippen LogP contribution is 2.19. The minimum atomic E-state index is -0.246. The highest BCUT2D eigenvalue weighted by Gasteiger charge is 2.10. The predicted molar refractivity (Wildman–Crippen MR) is 78.2 cm³/mol. The molecule has 0 spiro atoms. The SMILES string of the molecule is Cc1ccc(Oc2nc3ccccc3n(C)c2=O)cc1. The van der Waals surface area contributed by atoms with Crippen LogP contribution in [-0.2, 0) is 7.05 Å². The normalized spacial score (nSPS) is 10.7. The van der Waals surface area contributed by atoms with E-state index in [1.54, 1.807) is 11.6 Å². The minimum Gasteiger partial charge on any atom is -0.435 e. The largest absolute Gasteiger partial charge is 0.435 e. The first-order chi connectivity index (χ1) is 9.65. The third-order valence-electron chi connectivity index (χ3n) is 3.19. The van der Waals surface area contributed by atoms with Gasteiger partial charge in [0.05, 0.1) is 11.0 Å². The Morgan fingerprint density at radius 2 is 1.75 bits per heavy atom. The van der Waals surface area contributed by atoms with E-state index < -0.39 is 0 Å². The van der Waals surface area contributed by atoms with Crippen molar-refractivity contribution in [3.8, 4) is 11.6 Å². The van der Waals surface area contributed by atoms with Crippen molar-refractivity contribution in [2.75, 3.05) is 0 Å². The molecule has 0 bridgehead atoms. The molecule has 1 heterocycles. The summed E-state index contributed by atoms with van der Waals surface area (Å²) in [6, 6.07) is 15.0. The molecular formula is C16H14N2O2. The summed E-state index contributed by atoms with van der Waals surface area (Å²) in [5.74, 6) is 0.700. The molecule has 0 N–H and O–H groups in total. The van der Waals surface area contributed by atoms with Crippen molar-refractivity contribution in [1.29, 1.82) is 0 Å². The van der Waals surface area contributed by atoms with Crippen molar-refractivity contribution in [3.63, 3.8) is 0 Å². The van der Waals surface area contributed by atoms with Crippen LogP contribution >= 0.6 is 0 Å². The first kappa shape index (κ1) is 12.4. The van der Waals surface area contributed by atoms with Crippen LogP contribution in [-0.4, -0.2) is 9.55 Å². The zero-order chi connectivity index (χ0) is 14.1. The number of fused-ring (bicyclic) bond motifs is 1. The molecule has 20 heavy (non-hydrogen) atoms. The van der Waals surface area contributed by atoms with Crippen LogP contribution in [0.2, 0.25) is 0 Å². The van der Waals surface area contributed by atoms with E-state index in [1.165, 1.54) is 0 Å². The van der Waals surface area contributed by atoms with Gasteiger partial charge in [-0.1, -0.05) is 29.8 Å².